The average molecular weight is 248 g/mol. The predicted molar refractivity (Wildman–Crippen MR) is 71.5 cm³/mol. The Balaban J connectivity index is 2.02. The molecule has 0 aliphatic carbocycles. The fraction of sp³-hybridized carbons (Fsp3) is 0.500. The Morgan fingerprint density at radius 2 is 2.33 bits per heavy atom. The van der Waals surface area contributed by atoms with Gasteiger partial charge in [-0.1, -0.05) is 12.1 Å². The van der Waals surface area contributed by atoms with E-state index in [0.29, 0.717) is 6.61 Å². The van der Waals surface area contributed by atoms with Gasteiger partial charge in [0.05, 0.1) is 0 Å². The number of carbonyl (C=O) groups excluding carboxylic acids is 1. The SMILES string of the molecule is CNC(C)c1cccc(NC(=O)C2CCCO2)c1. The first-order valence-corrected chi connectivity index (χ1v) is 6.40. The highest BCUT2D eigenvalue weighted by molar-refractivity contribution is 5.94. The number of benzene rings is 1. The molecule has 98 valence electrons. The molecule has 1 amide bonds. The number of nitrogens with one attached hydrogen (secondary N) is 2. The minimum absolute atomic E-state index is 0.0400. The molecule has 0 radical (unpaired) electrons. The minimum Gasteiger partial charge on any atom is -0.368 e. The molecular weight excluding hydrogens is 228 g/mol. The van der Waals surface area contributed by atoms with Gasteiger partial charge in [0.25, 0.3) is 5.91 Å². The predicted octanol–water partition coefficient (Wildman–Crippen LogP) is 2.08. The van der Waals surface area contributed by atoms with Crippen LogP contribution in [0.4, 0.5) is 5.69 Å². The van der Waals surface area contributed by atoms with Gasteiger partial charge < -0.3 is 15.4 Å². The van der Waals surface area contributed by atoms with Crippen molar-refractivity contribution in [2.45, 2.75) is 31.9 Å². The number of hydrogen-bond donors (Lipinski definition) is 2. The van der Waals surface area contributed by atoms with Crippen molar-refractivity contribution in [2.24, 2.45) is 0 Å². The highest BCUT2D eigenvalue weighted by Crippen LogP contribution is 2.19. The van der Waals surface area contributed by atoms with Gasteiger partial charge in [-0.25, -0.2) is 0 Å². The molecule has 1 heterocycles. The van der Waals surface area contributed by atoms with E-state index in [0.717, 1.165) is 24.1 Å². The van der Waals surface area contributed by atoms with Crippen molar-refractivity contribution in [3.8, 4) is 0 Å². The Morgan fingerprint density at radius 1 is 1.50 bits per heavy atom. The summed E-state index contributed by atoms with van der Waals surface area (Å²) in [4.78, 5) is 11.9. The zero-order chi connectivity index (χ0) is 13.0. The summed E-state index contributed by atoms with van der Waals surface area (Å²) in [5.74, 6) is -0.0400. The standard InChI is InChI=1S/C14H20N2O2/c1-10(15-2)11-5-3-6-12(9-11)16-14(17)13-7-4-8-18-13/h3,5-6,9-10,13,15H,4,7-8H2,1-2H3,(H,16,17). The second kappa shape index (κ2) is 5.98. The molecule has 1 aliphatic rings. The van der Waals surface area contributed by atoms with E-state index in [1.54, 1.807) is 0 Å². The molecule has 0 spiro atoms. The van der Waals surface area contributed by atoms with Crippen molar-refractivity contribution >= 4 is 11.6 Å². The molecule has 1 aromatic rings. The highest BCUT2D eigenvalue weighted by Gasteiger charge is 2.23. The van der Waals surface area contributed by atoms with Gasteiger partial charge >= 0.3 is 0 Å². The van der Waals surface area contributed by atoms with Crippen LogP contribution >= 0.6 is 0 Å². The van der Waals surface area contributed by atoms with Crippen molar-refractivity contribution in [1.82, 2.24) is 5.32 Å². The van der Waals surface area contributed by atoms with Crippen LogP contribution in [-0.2, 0) is 9.53 Å². The maximum absolute atomic E-state index is 11.9. The topological polar surface area (TPSA) is 50.4 Å². The zero-order valence-electron chi connectivity index (χ0n) is 10.9. The van der Waals surface area contributed by atoms with Crippen molar-refractivity contribution in [3.05, 3.63) is 29.8 Å². The summed E-state index contributed by atoms with van der Waals surface area (Å²) in [6.45, 7) is 2.77. The first kappa shape index (κ1) is 13.1. The van der Waals surface area contributed by atoms with Crippen molar-refractivity contribution in [3.63, 3.8) is 0 Å². The van der Waals surface area contributed by atoms with E-state index in [-0.39, 0.29) is 18.1 Å². The second-order valence-electron chi connectivity index (χ2n) is 4.63. The molecule has 2 atom stereocenters. The number of hydrogen-bond acceptors (Lipinski definition) is 3. The van der Waals surface area contributed by atoms with Crippen LogP contribution in [0, 0.1) is 0 Å². The Morgan fingerprint density at radius 3 is 3.00 bits per heavy atom. The van der Waals surface area contributed by atoms with Crippen LogP contribution < -0.4 is 10.6 Å². The summed E-state index contributed by atoms with van der Waals surface area (Å²) in [7, 11) is 1.92. The molecule has 18 heavy (non-hydrogen) atoms. The van der Waals surface area contributed by atoms with Gasteiger partial charge in [0.1, 0.15) is 6.10 Å². The first-order valence-electron chi connectivity index (χ1n) is 6.40. The van der Waals surface area contributed by atoms with Gasteiger partial charge in [-0.3, -0.25) is 4.79 Å². The molecule has 2 unspecified atom stereocenters. The fourth-order valence-electron chi connectivity index (χ4n) is 2.06. The minimum atomic E-state index is -0.282. The van der Waals surface area contributed by atoms with E-state index in [1.807, 2.05) is 31.3 Å². The maximum Gasteiger partial charge on any atom is 0.253 e. The fourth-order valence-corrected chi connectivity index (χ4v) is 2.06. The molecule has 1 aromatic carbocycles. The Bertz CT molecular complexity index is 414. The van der Waals surface area contributed by atoms with Crippen LogP contribution in [0.25, 0.3) is 0 Å². The summed E-state index contributed by atoms with van der Waals surface area (Å²) < 4.78 is 5.36. The van der Waals surface area contributed by atoms with Crippen molar-refractivity contribution in [1.29, 1.82) is 0 Å². The Labute approximate surface area is 108 Å². The summed E-state index contributed by atoms with van der Waals surface area (Å²) >= 11 is 0. The lowest BCUT2D eigenvalue weighted by molar-refractivity contribution is -0.124. The normalized spacial score (nSPS) is 20.7. The molecule has 1 saturated heterocycles. The zero-order valence-corrected chi connectivity index (χ0v) is 10.9. The van der Waals surface area contributed by atoms with Gasteiger partial charge in [0.2, 0.25) is 0 Å². The van der Waals surface area contributed by atoms with E-state index >= 15 is 0 Å². The quantitative estimate of drug-likeness (QED) is 0.857. The summed E-state index contributed by atoms with van der Waals surface area (Å²) in [5, 5.41) is 6.09. The van der Waals surface area contributed by atoms with Crippen LogP contribution in [0.1, 0.15) is 31.4 Å². The molecule has 0 bridgehead atoms. The van der Waals surface area contributed by atoms with Crippen molar-refractivity contribution in [2.75, 3.05) is 19.0 Å². The van der Waals surface area contributed by atoms with Gasteiger partial charge in [0.15, 0.2) is 0 Å². The van der Waals surface area contributed by atoms with E-state index in [4.69, 9.17) is 4.74 Å². The third-order valence-corrected chi connectivity index (χ3v) is 3.31. The molecule has 2 N–H and O–H groups in total. The first-order chi connectivity index (χ1) is 8.70. The third-order valence-electron chi connectivity index (χ3n) is 3.31. The van der Waals surface area contributed by atoms with Crippen LogP contribution in [0.15, 0.2) is 24.3 Å². The number of ether oxygens (including phenoxy) is 1. The van der Waals surface area contributed by atoms with Gasteiger partial charge in [-0.2, -0.15) is 0 Å². The molecule has 4 nitrogen and oxygen atoms in total. The van der Waals surface area contributed by atoms with Crippen LogP contribution in [-0.4, -0.2) is 25.7 Å². The lowest BCUT2D eigenvalue weighted by atomic mass is 10.1. The van der Waals surface area contributed by atoms with Crippen molar-refractivity contribution < 1.29 is 9.53 Å². The van der Waals surface area contributed by atoms with Gasteiger partial charge in [-0.05, 0) is 44.5 Å². The molecule has 4 heteroatoms. The Hall–Kier alpha value is -1.39. The molecule has 1 aliphatic heterocycles. The van der Waals surface area contributed by atoms with E-state index in [2.05, 4.69) is 17.6 Å². The van der Waals surface area contributed by atoms with E-state index in [1.165, 1.54) is 0 Å². The summed E-state index contributed by atoms with van der Waals surface area (Å²) in [6, 6.07) is 8.16. The summed E-state index contributed by atoms with van der Waals surface area (Å²) in [6.07, 6.45) is 1.50. The number of carbonyl (C=O) groups is 1. The molecule has 0 aromatic heterocycles. The van der Waals surface area contributed by atoms with E-state index < -0.39 is 0 Å². The second-order valence-corrected chi connectivity index (χ2v) is 4.63. The molecule has 0 saturated carbocycles. The van der Waals surface area contributed by atoms with Crippen LogP contribution in [0.3, 0.4) is 0 Å². The van der Waals surface area contributed by atoms with Gasteiger partial charge in [0, 0.05) is 18.3 Å². The largest absolute Gasteiger partial charge is 0.368 e. The average Bonchev–Trinajstić information content (AvgIpc) is 2.92. The van der Waals surface area contributed by atoms with Crippen LogP contribution in [0.5, 0.6) is 0 Å². The van der Waals surface area contributed by atoms with Crippen LogP contribution in [0.2, 0.25) is 0 Å². The lowest BCUT2D eigenvalue weighted by Crippen LogP contribution is -2.26. The lowest BCUT2D eigenvalue weighted by Gasteiger charge is -2.14. The summed E-state index contributed by atoms with van der Waals surface area (Å²) in [5.41, 5.74) is 1.98. The molecule has 2 rings (SSSR count). The Kier molecular flexibility index (Phi) is 4.33. The molecule has 1 fully saturated rings. The maximum atomic E-state index is 11.9. The van der Waals surface area contributed by atoms with Gasteiger partial charge in [-0.15, -0.1) is 0 Å². The number of amides is 1. The third kappa shape index (κ3) is 3.09. The number of anilines is 1. The van der Waals surface area contributed by atoms with E-state index in [9.17, 15) is 4.79 Å². The highest BCUT2D eigenvalue weighted by atomic mass is 16.5. The number of rotatable bonds is 4. The molecular formula is C14H20N2O2. The smallest absolute Gasteiger partial charge is 0.253 e. The monoisotopic (exact) mass is 248 g/mol.